The van der Waals surface area contributed by atoms with E-state index in [0.717, 1.165) is 38.5 Å². The van der Waals surface area contributed by atoms with Crippen molar-refractivity contribution in [2.45, 2.75) is 155 Å². The predicted molar refractivity (Wildman–Crippen MR) is 170 cm³/mol. The zero-order valence-corrected chi connectivity index (χ0v) is 25.4. The zero-order chi connectivity index (χ0) is 27.6. The van der Waals surface area contributed by atoms with Crippen LogP contribution in [0.4, 0.5) is 0 Å². The summed E-state index contributed by atoms with van der Waals surface area (Å²) >= 11 is 0. The maximum absolute atomic E-state index is 11.9. The number of hydrogen-bond donors (Lipinski definition) is 0. The fourth-order valence-corrected chi connectivity index (χ4v) is 4.18. The van der Waals surface area contributed by atoms with Gasteiger partial charge < -0.3 is 4.74 Å². The maximum atomic E-state index is 11.9. The molecule has 0 aliphatic rings. The number of unbranched alkanes of at least 4 members (excludes halogenated alkanes) is 14. The lowest BCUT2D eigenvalue weighted by Gasteiger charge is -2.04. The van der Waals surface area contributed by atoms with E-state index in [2.05, 4.69) is 74.6 Å². The highest BCUT2D eigenvalue weighted by molar-refractivity contribution is 5.69. The third kappa shape index (κ3) is 32.2. The van der Waals surface area contributed by atoms with E-state index in [1.807, 2.05) is 0 Å². The van der Waals surface area contributed by atoms with Gasteiger partial charge in [0.2, 0.25) is 0 Å². The molecule has 0 aromatic rings. The van der Waals surface area contributed by atoms with Gasteiger partial charge in [0.1, 0.15) is 0 Å². The monoisotopic (exact) mass is 526 g/mol. The van der Waals surface area contributed by atoms with Crippen molar-refractivity contribution in [1.82, 2.24) is 0 Å². The predicted octanol–water partition coefficient (Wildman–Crippen LogP) is 11.9. The molecule has 0 aliphatic heterocycles. The Balaban J connectivity index is 3.39. The molecule has 0 rings (SSSR count). The normalized spacial score (nSPS) is 12.4. The molecular weight excluding hydrogens is 464 g/mol. The quantitative estimate of drug-likeness (QED) is 0.0575. The van der Waals surface area contributed by atoms with Crippen LogP contribution >= 0.6 is 0 Å². The van der Waals surface area contributed by atoms with Gasteiger partial charge in [-0.05, 0) is 77.0 Å². The average molecular weight is 527 g/mol. The first-order valence-corrected chi connectivity index (χ1v) is 16.2. The largest absolute Gasteiger partial charge is 0.466 e. The van der Waals surface area contributed by atoms with Gasteiger partial charge in [-0.15, -0.1) is 0 Å². The molecule has 0 aromatic carbocycles. The SMILES string of the molecule is CCCCC/C=C\C/C=C\C/C=C\C/C=C\CCCC(=O)OCCCCCCCC/C=C\CCCCCC. The van der Waals surface area contributed by atoms with Crippen molar-refractivity contribution in [3.8, 4) is 0 Å². The Kier molecular flexibility index (Phi) is 31.6. The molecule has 0 atom stereocenters. The third-order valence-corrected chi connectivity index (χ3v) is 6.63. The van der Waals surface area contributed by atoms with Gasteiger partial charge in [-0.3, -0.25) is 4.79 Å². The van der Waals surface area contributed by atoms with Crippen molar-refractivity contribution < 1.29 is 9.53 Å². The molecule has 0 aliphatic carbocycles. The van der Waals surface area contributed by atoms with E-state index in [9.17, 15) is 4.79 Å². The molecule has 0 spiro atoms. The molecule has 218 valence electrons. The lowest BCUT2D eigenvalue weighted by molar-refractivity contribution is -0.143. The van der Waals surface area contributed by atoms with Crippen molar-refractivity contribution in [2.75, 3.05) is 6.61 Å². The van der Waals surface area contributed by atoms with Gasteiger partial charge in [0.05, 0.1) is 6.61 Å². The number of allylic oxidation sites excluding steroid dienone is 10. The molecule has 0 saturated carbocycles. The smallest absolute Gasteiger partial charge is 0.305 e. The Morgan fingerprint density at radius 1 is 0.447 bits per heavy atom. The summed E-state index contributed by atoms with van der Waals surface area (Å²) in [7, 11) is 0. The summed E-state index contributed by atoms with van der Waals surface area (Å²) in [5, 5.41) is 0. The van der Waals surface area contributed by atoms with Crippen molar-refractivity contribution in [3.05, 3.63) is 60.8 Å². The van der Waals surface area contributed by atoms with Crippen molar-refractivity contribution in [3.63, 3.8) is 0 Å². The van der Waals surface area contributed by atoms with Crippen LogP contribution in [0.1, 0.15) is 155 Å². The average Bonchev–Trinajstić information content (AvgIpc) is 2.92. The second kappa shape index (κ2) is 33.2. The molecule has 0 heterocycles. The van der Waals surface area contributed by atoms with Crippen LogP contribution in [-0.4, -0.2) is 12.6 Å². The minimum atomic E-state index is -0.0395. The fraction of sp³-hybridized carbons (Fsp3) is 0.694. The minimum absolute atomic E-state index is 0.0395. The third-order valence-electron chi connectivity index (χ3n) is 6.63. The first kappa shape index (κ1) is 36.2. The molecule has 38 heavy (non-hydrogen) atoms. The molecule has 0 fully saturated rings. The second-order valence-corrected chi connectivity index (χ2v) is 10.4. The lowest BCUT2D eigenvalue weighted by atomic mass is 10.1. The van der Waals surface area contributed by atoms with Crippen molar-refractivity contribution in [2.24, 2.45) is 0 Å². The van der Waals surface area contributed by atoms with Crippen LogP contribution in [0.25, 0.3) is 0 Å². The summed E-state index contributed by atoms with van der Waals surface area (Å²) in [5.41, 5.74) is 0. The summed E-state index contributed by atoms with van der Waals surface area (Å²) in [6, 6.07) is 0. The summed E-state index contributed by atoms with van der Waals surface area (Å²) in [6.07, 6.45) is 48.4. The first-order chi connectivity index (χ1) is 18.8. The molecular formula is C36H62O2. The van der Waals surface area contributed by atoms with Crippen LogP contribution in [0.3, 0.4) is 0 Å². The highest BCUT2D eigenvalue weighted by Gasteiger charge is 2.01. The highest BCUT2D eigenvalue weighted by Crippen LogP contribution is 2.09. The van der Waals surface area contributed by atoms with E-state index in [1.54, 1.807) is 0 Å². The molecule has 0 radical (unpaired) electrons. The minimum Gasteiger partial charge on any atom is -0.466 e. The summed E-state index contributed by atoms with van der Waals surface area (Å²) < 4.78 is 5.38. The molecule has 0 amide bonds. The van der Waals surface area contributed by atoms with Gasteiger partial charge in [-0.1, -0.05) is 132 Å². The summed E-state index contributed by atoms with van der Waals surface area (Å²) in [6.45, 7) is 5.10. The molecule has 0 aromatic heterocycles. The Morgan fingerprint density at radius 2 is 0.816 bits per heavy atom. The van der Waals surface area contributed by atoms with E-state index in [-0.39, 0.29) is 5.97 Å². The number of carbonyl (C=O) groups excluding carboxylic acids is 1. The lowest BCUT2D eigenvalue weighted by Crippen LogP contribution is -2.05. The molecule has 2 nitrogen and oxygen atoms in total. The second-order valence-electron chi connectivity index (χ2n) is 10.4. The van der Waals surface area contributed by atoms with Gasteiger partial charge >= 0.3 is 5.97 Å². The standard InChI is InChI=1S/C36H62O2/c1-3-5-7-9-11-13-15-17-19-20-21-22-24-26-28-30-32-34-36(37)38-35-33-31-29-27-25-23-18-16-14-12-10-8-6-4-2/h11,13-14,16-17,19,21-22,26,28H,3-10,12,15,18,20,23-25,27,29-35H2,1-2H3/b13-11-,16-14-,19-17-,22-21-,28-26-. The molecule has 0 N–H and O–H groups in total. The Hall–Kier alpha value is -1.83. The first-order valence-electron chi connectivity index (χ1n) is 16.2. The van der Waals surface area contributed by atoms with Gasteiger partial charge in [0, 0.05) is 6.42 Å². The summed E-state index contributed by atoms with van der Waals surface area (Å²) in [4.78, 5) is 11.9. The molecule has 0 unspecified atom stereocenters. The van der Waals surface area contributed by atoms with Crippen molar-refractivity contribution >= 4 is 5.97 Å². The topological polar surface area (TPSA) is 26.3 Å². The van der Waals surface area contributed by atoms with E-state index >= 15 is 0 Å². The van der Waals surface area contributed by atoms with Gasteiger partial charge in [0.15, 0.2) is 0 Å². The van der Waals surface area contributed by atoms with E-state index in [4.69, 9.17) is 4.74 Å². The van der Waals surface area contributed by atoms with E-state index in [1.165, 1.54) is 96.3 Å². The Bertz CT molecular complexity index is 623. The number of hydrogen-bond acceptors (Lipinski definition) is 2. The van der Waals surface area contributed by atoms with Crippen LogP contribution in [0.2, 0.25) is 0 Å². The molecule has 0 saturated heterocycles. The highest BCUT2D eigenvalue weighted by atomic mass is 16.5. The van der Waals surface area contributed by atoms with Crippen LogP contribution in [-0.2, 0) is 9.53 Å². The maximum Gasteiger partial charge on any atom is 0.305 e. The number of ether oxygens (including phenoxy) is 1. The summed E-state index contributed by atoms with van der Waals surface area (Å²) in [5.74, 6) is -0.0395. The fourth-order valence-electron chi connectivity index (χ4n) is 4.18. The van der Waals surface area contributed by atoms with Gasteiger partial charge in [-0.2, -0.15) is 0 Å². The van der Waals surface area contributed by atoms with Crippen LogP contribution in [0.5, 0.6) is 0 Å². The number of carbonyl (C=O) groups is 1. The number of esters is 1. The van der Waals surface area contributed by atoms with Crippen LogP contribution in [0, 0.1) is 0 Å². The van der Waals surface area contributed by atoms with E-state index in [0.29, 0.717) is 13.0 Å². The molecule has 0 bridgehead atoms. The van der Waals surface area contributed by atoms with E-state index < -0.39 is 0 Å². The Morgan fingerprint density at radius 3 is 1.37 bits per heavy atom. The van der Waals surface area contributed by atoms with Crippen molar-refractivity contribution in [1.29, 1.82) is 0 Å². The van der Waals surface area contributed by atoms with Crippen LogP contribution in [0.15, 0.2) is 60.8 Å². The van der Waals surface area contributed by atoms with Gasteiger partial charge in [-0.25, -0.2) is 0 Å². The van der Waals surface area contributed by atoms with Crippen LogP contribution < -0.4 is 0 Å². The number of rotatable bonds is 28. The zero-order valence-electron chi connectivity index (χ0n) is 25.4. The Labute approximate surface area is 237 Å². The molecule has 2 heteroatoms. The van der Waals surface area contributed by atoms with Gasteiger partial charge in [0.25, 0.3) is 0 Å².